The summed E-state index contributed by atoms with van der Waals surface area (Å²) >= 11 is 0. The van der Waals surface area contributed by atoms with Crippen LogP contribution in [-0.2, 0) is 29.2 Å². The number of methoxy groups -OCH3 is 1. The highest BCUT2D eigenvalue weighted by molar-refractivity contribution is 5.37. The molecule has 26 heavy (non-hydrogen) atoms. The summed E-state index contributed by atoms with van der Waals surface area (Å²) in [4.78, 5) is 2.47. The van der Waals surface area contributed by atoms with Gasteiger partial charge in [0.2, 0.25) is 0 Å². The van der Waals surface area contributed by atoms with Crippen molar-refractivity contribution in [2.24, 2.45) is 0 Å². The van der Waals surface area contributed by atoms with Crippen molar-refractivity contribution in [3.05, 3.63) is 41.2 Å². The molecule has 2 aliphatic rings. The van der Waals surface area contributed by atoms with Gasteiger partial charge in [0.15, 0.2) is 0 Å². The highest BCUT2D eigenvalue weighted by Crippen LogP contribution is 2.31. The quantitative estimate of drug-likeness (QED) is 0.789. The molecule has 1 aromatic heterocycles. The third kappa shape index (κ3) is 3.47. The zero-order chi connectivity index (χ0) is 17.9. The Morgan fingerprint density at radius 2 is 2.27 bits per heavy atom. The van der Waals surface area contributed by atoms with Crippen LogP contribution < -0.4 is 4.74 Å². The zero-order valence-electron chi connectivity index (χ0n) is 15.4. The van der Waals surface area contributed by atoms with Crippen LogP contribution in [0.15, 0.2) is 24.4 Å². The standard InChI is InChI=1S/C19H26N4O3/c1-3-25-12-15-8-14(4-5-18(15)24-2)10-22-7-6-19-17(11-22)23-16(13-26-19)9-20-21-23/h4-5,8-9,17,19H,3,6-7,10-13H2,1-2H3/t17-,19+/m1/s1. The molecule has 1 aromatic carbocycles. The summed E-state index contributed by atoms with van der Waals surface area (Å²) < 4.78 is 19.1. The number of aromatic nitrogens is 3. The van der Waals surface area contributed by atoms with E-state index in [1.165, 1.54) is 5.56 Å². The lowest BCUT2D eigenvalue weighted by molar-refractivity contribution is -0.0669. The topological polar surface area (TPSA) is 61.6 Å². The Hall–Kier alpha value is -1.96. The van der Waals surface area contributed by atoms with Crippen molar-refractivity contribution in [3.8, 4) is 5.75 Å². The summed E-state index contributed by atoms with van der Waals surface area (Å²) in [6.45, 7) is 6.75. The number of nitrogens with zero attached hydrogens (tertiary/aromatic N) is 4. The fraction of sp³-hybridized carbons (Fsp3) is 0.579. The molecule has 1 fully saturated rings. The molecule has 3 heterocycles. The monoisotopic (exact) mass is 358 g/mol. The van der Waals surface area contributed by atoms with E-state index >= 15 is 0 Å². The summed E-state index contributed by atoms with van der Waals surface area (Å²) in [5.41, 5.74) is 3.44. The van der Waals surface area contributed by atoms with E-state index in [2.05, 4.69) is 32.0 Å². The number of hydrogen-bond acceptors (Lipinski definition) is 6. The Kier molecular flexibility index (Phi) is 5.19. The molecule has 0 bridgehead atoms. The number of piperidine rings is 1. The van der Waals surface area contributed by atoms with Gasteiger partial charge in [-0.1, -0.05) is 11.3 Å². The molecule has 0 spiro atoms. The van der Waals surface area contributed by atoms with E-state index in [4.69, 9.17) is 14.2 Å². The maximum Gasteiger partial charge on any atom is 0.124 e. The predicted octanol–water partition coefficient (Wildman–Crippen LogP) is 2.17. The van der Waals surface area contributed by atoms with Gasteiger partial charge < -0.3 is 14.2 Å². The lowest BCUT2D eigenvalue weighted by Crippen LogP contribution is -2.47. The molecule has 7 nitrogen and oxygen atoms in total. The molecule has 2 aliphatic heterocycles. The molecule has 140 valence electrons. The molecule has 1 saturated heterocycles. The lowest BCUT2D eigenvalue weighted by Gasteiger charge is -2.41. The second-order valence-electron chi connectivity index (χ2n) is 6.89. The van der Waals surface area contributed by atoms with Gasteiger partial charge in [0.1, 0.15) is 5.75 Å². The van der Waals surface area contributed by atoms with Crippen LogP contribution >= 0.6 is 0 Å². The van der Waals surface area contributed by atoms with Gasteiger partial charge >= 0.3 is 0 Å². The van der Waals surface area contributed by atoms with Gasteiger partial charge in [0.05, 0.1) is 44.4 Å². The predicted molar refractivity (Wildman–Crippen MR) is 95.9 cm³/mol. The van der Waals surface area contributed by atoms with Gasteiger partial charge in [-0.3, -0.25) is 4.90 Å². The Bertz CT molecular complexity index is 748. The Morgan fingerprint density at radius 3 is 3.12 bits per heavy atom. The SMILES string of the molecule is CCOCc1cc(CN2CC[C@@H]3OCc4cnnn4[C@@H]3C2)ccc1OC. The van der Waals surface area contributed by atoms with E-state index in [9.17, 15) is 0 Å². The maximum absolute atomic E-state index is 6.00. The molecule has 0 amide bonds. The molecule has 2 aromatic rings. The third-order valence-corrected chi connectivity index (χ3v) is 5.23. The van der Waals surface area contributed by atoms with Crippen LogP contribution in [0.3, 0.4) is 0 Å². The van der Waals surface area contributed by atoms with Crippen molar-refractivity contribution < 1.29 is 14.2 Å². The number of ether oxygens (including phenoxy) is 3. The summed E-state index contributed by atoms with van der Waals surface area (Å²) in [5, 5.41) is 8.33. The highest BCUT2D eigenvalue weighted by atomic mass is 16.5. The first-order valence-electron chi connectivity index (χ1n) is 9.25. The first-order valence-corrected chi connectivity index (χ1v) is 9.25. The van der Waals surface area contributed by atoms with Crippen molar-refractivity contribution in [1.82, 2.24) is 19.9 Å². The van der Waals surface area contributed by atoms with Crippen LogP contribution in [0.2, 0.25) is 0 Å². The number of hydrogen-bond donors (Lipinski definition) is 0. The highest BCUT2D eigenvalue weighted by Gasteiger charge is 2.36. The van der Waals surface area contributed by atoms with Gasteiger partial charge in [0.25, 0.3) is 0 Å². The average Bonchev–Trinajstić information content (AvgIpc) is 3.16. The minimum atomic E-state index is 0.241. The van der Waals surface area contributed by atoms with Gasteiger partial charge in [-0.25, -0.2) is 4.68 Å². The molecule has 0 saturated carbocycles. The van der Waals surface area contributed by atoms with Gasteiger partial charge in [0, 0.05) is 31.8 Å². The fourth-order valence-electron chi connectivity index (χ4n) is 3.90. The van der Waals surface area contributed by atoms with Gasteiger partial charge in [-0.2, -0.15) is 0 Å². The summed E-state index contributed by atoms with van der Waals surface area (Å²) in [6.07, 6.45) is 3.06. The van der Waals surface area contributed by atoms with Gasteiger partial charge in [-0.15, -0.1) is 5.10 Å². The Balaban J connectivity index is 1.47. The molecule has 2 atom stereocenters. The smallest absolute Gasteiger partial charge is 0.124 e. The molecule has 0 N–H and O–H groups in total. The van der Waals surface area contributed by atoms with Crippen molar-refractivity contribution in [1.29, 1.82) is 0 Å². The van der Waals surface area contributed by atoms with E-state index in [0.29, 0.717) is 19.8 Å². The normalized spacial score (nSPS) is 22.7. The van der Waals surface area contributed by atoms with E-state index in [0.717, 1.165) is 43.1 Å². The van der Waals surface area contributed by atoms with Crippen LogP contribution in [0.4, 0.5) is 0 Å². The van der Waals surface area contributed by atoms with E-state index in [-0.39, 0.29) is 12.1 Å². The Labute approximate surface area is 153 Å². The molecule has 4 rings (SSSR count). The maximum atomic E-state index is 6.00. The fourth-order valence-corrected chi connectivity index (χ4v) is 3.90. The molecular formula is C19H26N4O3. The molecule has 0 unspecified atom stereocenters. The molecule has 0 aliphatic carbocycles. The van der Waals surface area contributed by atoms with Crippen molar-refractivity contribution >= 4 is 0 Å². The largest absolute Gasteiger partial charge is 0.496 e. The average molecular weight is 358 g/mol. The van der Waals surface area contributed by atoms with Crippen molar-refractivity contribution in [2.45, 2.75) is 45.2 Å². The minimum Gasteiger partial charge on any atom is -0.496 e. The summed E-state index contributed by atoms with van der Waals surface area (Å²) in [6, 6.07) is 6.61. The first kappa shape index (κ1) is 17.5. The van der Waals surface area contributed by atoms with E-state index < -0.39 is 0 Å². The van der Waals surface area contributed by atoms with Crippen molar-refractivity contribution in [2.75, 3.05) is 26.8 Å². The number of benzene rings is 1. The van der Waals surface area contributed by atoms with E-state index in [1.807, 2.05) is 13.0 Å². The van der Waals surface area contributed by atoms with Crippen LogP contribution in [0.25, 0.3) is 0 Å². The lowest BCUT2D eigenvalue weighted by atomic mass is 9.99. The van der Waals surface area contributed by atoms with E-state index in [1.54, 1.807) is 13.3 Å². The number of fused-ring (bicyclic) bond motifs is 3. The molecule has 0 radical (unpaired) electrons. The van der Waals surface area contributed by atoms with Gasteiger partial charge in [-0.05, 0) is 31.0 Å². The second kappa shape index (κ2) is 7.73. The first-order chi connectivity index (χ1) is 12.8. The minimum absolute atomic E-state index is 0.241. The summed E-state index contributed by atoms with van der Waals surface area (Å²) in [7, 11) is 1.70. The summed E-state index contributed by atoms with van der Waals surface area (Å²) in [5.74, 6) is 0.883. The second-order valence-corrected chi connectivity index (χ2v) is 6.89. The number of likely N-dealkylation sites (tertiary alicyclic amines) is 1. The third-order valence-electron chi connectivity index (χ3n) is 5.23. The molecule has 7 heteroatoms. The van der Waals surface area contributed by atoms with Crippen LogP contribution in [0.1, 0.15) is 36.2 Å². The van der Waals surface area contributed by atoms with Crippen LogP contribution in [0.5, 0.6) is 5.75 Å². The Morgan fingerprint density at radius 1 is 1.35 bits per heavy atom. The van der Waals surface area contributed by atoms with Crippen LogP contribution in [-0.4, -0.2) is 52.8 Å². The van der Waals surface area contributed by atoms with Crippen LogP contribution in [0, 0.1) is 0 Å². The van der Waals surface area contributed by atoms with Crippen molar-refractivity contribution in [3.63, 3.8) is 0 Å². The number of rotatable bonds is 6. The zero-order valence-corrected chi connectivity index (χ0v) is 15.4. The molecular weight excluding hydrogens is 332 g/mol.